The number of ketones is 1. The molecule has 3 rings (SSSR count). The molecule has 6 heteroatoms. The van der Waals surface area contributed by atoms with Crippen LogP contribution in [0.2, 0.25) is 5.02 Å². The average Bonchev–Trinajstić information content (AvgIpc) is 2.64. The fourth-order valence-corrected chi connectivity index (χ4v) is 2.52. The Labute approximate surface area is 156 Å². The molecule has 2 aromatic carbocycles. The number of nitrogens with zero attached hydrogens (tertiary/aromatic N) is 1. The van der Waals surface area contributed by atoms with Crippen molar-refractivity contribution in [2.45, 2.75) is 6.92 Å². The molecule has 0 radical (unpaired) electrons. The topological polar surface area (TPSA) is 71.1 Å². The van der Waals surface area contributed by atoms with Crippen molar-refractivity contribution in [3.8, 4) is 0 Å². The highest BCUT2D eigenvalue weighted by molar-refractivity contribution is 6.33. The van der Waals surface area contributed by atoms with Gasteiger partial charge in [-0.2, -0.15) is 0 Å². The molecule has 0 aliphatic rings. The monoisotopic (exact) mass is 365 g/mol. The van der Waals surface area contributed by atoms with E-state index in [1.165, 1.54) is 6.92 Å². The van der Waals surface area contributed by atoms with E-state index in [1.807, 2.05) is 18.2 Å². The van der Waals surface area contributed by atoms with E-state index < -0.39 is 0 Å². The number of benzene rings is 2. The number of rotatable bonds is 5. The molecule has 130 valence electrons. The van der Waals surface area contributed by atoms with Crippen LogP contribution in [0, 0.1) is 0 Å². The molecule has 0 saturated carbocycles. The minimum atomic E-state index is -0.273. The number of anilines is 3. The number of hydrogen-bond acceptors (Lipinski definition) is 4. The molecule has 0 saturated heterocycles. The van der Waals surface area contributed by atoms with Gasteiger partial charge in [0.2, 0.25) is 0 Å². The van der Waals surface area contributed by atoms with Gasteiger partial charge in [-0.1, -0.05) is 23.7 Å². The van der Waals surface area contributed by atoms with E-state index in [9.17, 15) is 9.59 Å². The van der Waals surface area contributed by atoms with Gasteiger partial charge >= 0.3 is 0 Å². The molecular weight excluding hydrogens is 350 g/mol. The summed E-state index contributed by atoms with van der Waals surface area (Å²) in [7, 11) is 0. The number of para-hydroxylation sites is 1. The second-order valence-electron chi connectivity index (χ2n) is 5.62. The number of amides is 1. The quantitative estimate of drug-likeness (QED) is 0.628. The molecule has 0 unspecified atom stereocenters. The van der Waals surface area contributed by atoms with Gasteiger partial charge in [-0.05, 0) is 55.5 Å². The first-order valence-electron chi connectivity index (χ1n) is 7.93. The first-order valence-corrected chi connectivity index (χ1v) is 8.31. The highest BCUT2D eigenvalue weighted by Crippen LogP contribution is 2.24. The van der Waals surface area contributed by atoms with Crippen LogP contribution in [0.3, 0.4) is 0 Å². The van der Waals surface area contributed by atoms with E-state index in [0.29, 0.717) is 33.3 Å². The van der Waals surface area contributed by atoms with Gasteiger partial charge in [-0.15, -0.1) is 0 Å². The fourth-order valence-electron chi connectivity index (χ4n) is 2.33. The summed E-state index contributed by atoms with van der Waals surface area (Å²) in [5.74, 6) is 0.218. The van der Waals surface area contributed by atoms with Crippen molar-refractivity contribution in [1.29, 1.82) is 0 Å². The summed E-state index contributed by atoms with van der Waals surface area (Å²) < 4.78 is 0. The fraction of sp³-hybridized carbons (Fsp3) is 0.0500. The number of nitrogens with one attached hydrogen (secondary N) is 2. The minimum absolute atomic E-state index is 0.0210. The number of pyridine rings is 1. The summed E-state index contributed by atoms with van der Waals surface area (Å²) in [6, 6.07) is 17.3. The maximum Gasteiger partial charge on any atom is 0.255 e. The van der Waals surface area contributed by atoms with E-state index in [0.717, 1.165) is 0 Å². The lowest BCUT2D eigenvalue weighted by Crippen LogP contribution is -2.12. The van der Waals surface area contributed by atoms with E-state index >= 15 is 0 Å². The molecule has 0 aliphatic heterocycles. The third-order valence-electron chi connectivity index (χ3n) is 3.71. The summed E-state index contributed by atoms with van der Waals surface area (Å²) in [6.07, 6.45) is 1.55. The first kappa shape index (κ1) is 17.6. The maximum absolute atomic E-state index is 12.4. The van der Waals surface area contributed by atoms with Crippen molar-refractivity contribution in [3.63, 3.8) is 0 Å². The second-order valence-corrected chi connectivity index (χ2v) is 6.03. The lowest BCUT2D eigenvalue weighted by Gasteiger charge is -2.09. The molecule has 5 nitrogen and oxygen atoms in total. The van der Waals surface area contributed by atoms with Gasteiger partial charge in [-0.25, -0.2) is 4.98 Å². The number of carbonyl (C=O) groups excluding carboxylic acids is 2. The molecule has 0 spiro atoms. The predicted molar refractivity (Wildman–Crippen MR) is 103 cm³/mol. The minimum Gasteiger partial charge on any atom is -0.339 e. The van der Waals surface area contributed by atoms with Crippen LogP contribution in [-0.2, 0) is 0 Å². The average molecular weight is 366 g/mol. The Hall–Kier alpha value is -3.18. The van der Waals surface area contributed by atoms with Gasteiger partial charge in [0.15, 0.2) is 5.78 Å². The summed E-state index contributed by atoms with van der Waals surface area (Å²) >= 11 is 6.13. The molecule has 2 N–H and O–H groups in total. The van der Waals surface area contributed by atoms with Crippen LogP contribution in [0.5, 0.6) is 0 Å². The van der Waals surface area contributed by atoms with Crippen molar-refractivity contribution in [3.05, 3.63) is 83.0 Å². The van der Waals surface area contributed by atoms with Crippen LogP contribution in [0.25, 0.3) is 0 Å². The SMILES string of the molecule is CC(=O)c1ccc(NC(=O)c2ccnc(Nc3ccccc3Cl)c2)cc1. The third kappa shape index (κ3) is 4.26. The normalized spacial score (nSPS) is 10.2. The Balaban J connectivity index is 1.74. The molecule has 1 aromatic heterocycles. The van der Waals surface area contributed by atoms with Gasteiger partial charge < -0.3 is 10.6 Å². The summed E-state index contributed by atoms with van der Waals surface area (Å²) in [5, 5.41) is 6.45. The third-order valence-corrected chi connectivity index (χ3v) is 4.04. The molecule has 0 aliphatic carbocycles. The lowest BCUT2D eigenvalue weighted by molar-refractivity contribution is 0.101. The number of carbonyl (C=O) groups is 2. The Morgan fingerprint density at radius 2 is 1.69 bits per heavy atom. The van der Waals surface area contributed by atoms with Crippen LogP contribution in [0.4, 0.5) is 17.2 Å². The number of hydrogen-bond donors (Lipinski definition) is 2. The van der Waals surface area contributed by atoms with Crippen molar-refractivity contribution in [1.82, 2.24) is 4.98 Å². The second kappa shape index (κ2) is 7.80. The Kier molecular flexibility index (Phi) is 5.29. The maximum atomic E-state index is 12.4. The Morgan fingerprint density at radius 3 is 2.38 bits per heavy atom. The Morgan fingerprint density at radius 1 is 0.962 bits per heavy atom. The van der Waals surface area contributed by atoms with Crippen LogP contribution in [0.1, 0.15) is 27.6 Å². The molecule has 0 atom stereocenters. The molecular formula is C20H16ClN3O2. The van der Waals surface area contributed by atoms with Crippen molar-refractivity contribution < 1.29 is 9.59 Å². The van der Waals surface area contributed by atoms with Crippen LogP contribution in [-0.4, -0.2) is 16.7 Å². The standard InChI is InChI=1S/C20H16ClN3O2/c1-13(25)14-6-8-16(9-7-14)23-20(26)15-10-11-22-19(12-15)24-18-5-3-2-4-17(18)21/h2-12H,1H3,(H,22,24)(H,23,26). The van der Waals surface area contributed by atoms with Gasteiger partial charge in [0.25, 0.3) is 5.91 Å². The molecule has 0 fully saturated rings. The predicted octanol–water partition coefficient (Wildman–Crippen LogP) is 4.93. The van der Waals surface area contributed by atoms with Crippen LogP contribution in [0.15, 0.2) is 66.9 Å². The lowest BCUT2D eigenvalue weighted by atomic mass is 10.1. The molecule has 26 heavy (non-hydrogen) atoms. The molecule has 3 aromatic rings. The summed E-state index contributed by atoms with van der Waals surface area (Å²) in [4.78, 5) is 28.0. The summed E-state index contributed by atoms with van der Waals surface area (Å²) in [6.45, 7) is 1.50. The molecule has 0 bridgehead atoms. The number of halogens is 1. The Bertz CT molecular complexity index is 955. The molecule has 1 amide bonds. The van der Waals surface area contributed by atoms with E-state index in [4.69, 9.17) is 11.6 Å². The zero-order valence-corrected chi connectivity index (χ0v) is 14.7. The smallest absolute Gasteiger partial charge is 0.255 e. The largest absolute Gasteiger partial charge is 0.339 e. The van der Waals surface area contributed by atoms with Crippen LogP contribution >= 0.6 is 11.6 Å². The molecule has 1 heterocycles. The zero-order valence-electron chi connectivity index (χ0n) is 14.0. The van der Waals surface area contributed by atoms with Gasteiger partial charge in [0.05, 0.1) is 10.7 Å². The van der Waals surface area contributed by atoms with Gasteiger partial charge in [-0.3, -0.25) is 9.59 Å². The van der Waals surface area contributed by atoms with Gasteiger partial charge in [0, 0.05) is 23.0 Å². The first-order chi connectivity index (χ1) is 12.5. The highest BCUT2D eigenvalue weighted by atomic mass is 35.5. The highest BCUT2D eigenvalue weighted by Gasteiger charge is 2.09. The number of Topliss-reactive ketones (excluding diaryl/α,β-unsaturated/α-hetero) is 1. The number of aromatic nitrogens is 1. The van der Waals surface area contributed by atoms with Crippen molar-refractivity contribution in [2.75, 3.05) is 10.6 Å². The van der Waals surface area contributed by atoms with Gasteiger partial charge in [0.1, 0.15) is 5.82 Å². The van der Waals surface area contributed by atoms with Crippen LogP contribution < -0.4 is 10.6 Å². The summed E-state index contributed by atoms with van der Waals surface area (Å²) in [5.41, 5.74) is 2.36. The van der Waals surface area contributed by atoms with E-state index in [-0.39, 0.29) is 11.7 Å². The van der Waals surface area contributed by atoms with E-state index in [1.54, 1.807) is 48.7 Å². The van der Waals surface area contributed by atoms with E-state index in [2.05, 4.69) is 15.6 Å². The zero-order chi connectivity index (χ0) is 18.5. The van der Waals surface area contributed by atoms with Crippen molar-refractivity contribution >= 4 is 40.5 Å². The van der Waals surface area contributed by atoms with Crippen molar-refractivity contribution in [2.24, 2.45) is 0 Å².